The van der Waals surface area contributed by atoms with Gasteiger partial charge < -0.3 is 5.11 Å². The third-order valence-electron chi connectivity index (χ3n) is 4.41. The van der Waals surface area contributed by atoms with E-state index in [4.69, 9.17) is 16.7 Å². The number of benzene rings is 1. The van der Waals surface area contributed by atoms with Crippen LogP contribution in [0.1, 0.15) is 50.3 Å². The zero-order valence-corrected chi connectivity index (χ0v) is 15.8. The molecule has 1 saturated carbocycles. The highest BCUT2D eigenvalue weighted by molar-refractivity contribution is 7.13. The van der Waals surface area contributed by atoms with Crippen LogP contribution in [0.15, 0.2) is 23.6 Å². The van der Waals surface area contributed by atoms with Crippen molar-refractivity contribution in [2.24, 2.45) is 5.41 Å². The number of carbonyl (C=O) groups excluding carboxylic acids is 1. The molecule has 0 radical (unpaired) electrons. The maximum Gasteiger partial charge on any atom is 0.309 e. The highest BCUT2D eigenvalue weighted by atomic mass is 35.5. The molecule has 1 aliphatic carbocycles. The number of Topliss-reactive ketones (excluding diaryl/α,β-unsaturated/α-hetero) is 1. The molecule has 0 unspecified atom stereocenters. The van der Waals surface area contributed by atoms with Crippen LogP contribution < -0.4 is 0 Å². The number of ketones is 1. The molecular formula is C19H20ClNO3S. The molecule has 132 valence electrons. The highest BCUT2D eigenvalue weighted by Crippen LogP contribution is 2.45. The standard InChI is InChI=1S/C19H20ClNO3S/c1-19(2,18(23)24)9-14(22)8-13-10-25-17(21-13)15-6-5-12(20)7-16(15)11-3-4-11/h5-7,10-11H,3-4,8-9H2,1-2H3,(H,23,24). The van der Waals surface area contributed by atoms with Crippen molar-refractivity contribution in [3.05, 3.63) is 39.9 Å². The summed E-state index contributed by atoms with van der Waals surface area (Å²) in [7, 11) is 0. The van der Waals surface area contributed by atoms with Gasteiger partial charge in [-0.1, -0.05) is 17.7 Å². The van der Waals surface area contributed by atoms with E-state index in [-0.39, 0.29) is 18.6 Å². The summed E-state index contributed by atoms with van der Waals surface area (Å²) in [5.74, 6) is -0.517. The van der Waals surface area contributed by atoms with Gasteiger partial charge in [-0.05, 0) is 50.3 Å². The minimum atomic E-state index is -1.05. The van der Waals surface area contributed by atoms with E-state index in [9.17, 15) is 9.59 Å². The lowest BCUT2D eigenvalue weighted by Gasteiger charge is -2.17. The smallest absolute Gasteiger partial charge is 0.309 e. The van der Waals surface area contributed by atoms with Gasteiger partial charge in [0.1, 0.15) is 10.8 Å². The first-order valence-electron chi connectivity index (χ1n) is 8.25. The van der Waals surface area contributed by atoms with Crippen molar-refractivity contribution in [3.8, 4) is 10.6 Å². The van der Waals surface area contributed by atoms with Gasteiger partial charge >= 0.3 is 5.97 Å². The van der Waals surface area contributed by atoms with E-state index < -0.39 is 11.4 Å². The van der Waals surface area contributed by atoms with Crippen LogP contribution in [0.5, 0.6) is 0 Å². The van der Waals surface area contributed by atoms with E-state index >= 15 is 0 Å². The topological polar surface area (TPSA) is 67.3 Å². The average Bonchev–Trinajstić information content (AvgIpc) is 3.27. The molecule has 1 N–H and O–H groups in total. The van der Waals surface area contributed by atoms with E-state index in [2.05, 4.69) is 4.98 Å². The van der Waals surface area contributed by atoms with Crippen LogP contribution in [0.3, 0.4) is 0 Å². The number of carbonyl (C=O) groups is 2. The summed E-state index contributed by atoms with van der Waals surface area (Å²) in [6.45, 7) is 3.13. The van der Waals surface area contributed by atoms with E-state index in [0.717, 1.165) is 15.6 Å². The van der Waals surface area contributed by atoms with Crippen molar-refractivity contribution in [3.63, 3.8) is 0 Å². The van der Waals surface area contributed by atoms with Crippen molar-refractivity contribution < 1.29 is 14.7 Å². The molecular weight excluding hydrogens is 358 g/mol. The van der Waals surface area contributed by atoms with Gasteiger partial charge in [0.15, 0.2) is 0 Å². The lowest BCUT2D eigenvalue weighted by Crippen LogP contribution is -2.27. The van der Waals surface area contributed by atoms with Gasteiger partial charge in [-0.2, -0.15) is 0 Å². The quantitative estimate of drug-likeness (QED) is 0.740. The van der Waals surface area contributed by atoms with Gasteiger partial charge in [0.25, 0.3) is 0 Å². The molecule has 1 aromatic heterocycles. The minimum Gasteiger partial charge on any atom is -0.481 e. The second kappa shape index (κ2) is 6.89. The summed E-state index contributed by atoms with van der Waals surface area (Å²) in [6, 6.07) is 5.87. The number of aromatic nitrogens is 1. The molecule has 0 spiro atoms. The molecule has 25 heavy (non-hydrogen) atoms. The number of hydrogen-bond acceptors (Lipinski definition) is 4. The number of rotatable bonds is 7. The van der Waals surface area contributed by atoms with Gasteiger partial charge in [-0.15, -0.1) is 11.3 Å². The maximum atomic E-state index is 12.2. The number of aliphatic carboxylic acids is 1. The van der Waals surface area contributed by atoms with Crippen molar-refractivity contribution in [2.75, 3.05) is 0 Å². The van der Waals surface area contributed by atoms with Crippen LogP contribution >= 0.6 is 22.9 Å². The molecule has 1 aromatic carbocycles. The lowest BCUT2D eigenvalue weighted by atomic mass is 9.86. The molecule has 0 amide bonds. The Morgan fingerprint density at radius 1 is 1.36 bits per heavy atom. The van der Waals surface area contributed by atoms with Crippen molar-refractivity contribution in [1.29, 1.82) is 0 Å². The van der Waals surface area contributed by atoms with Gasteiger partial charge in [0, 0.05) is 28.8 Å². The lowest BCUT2D eigenvalue weighted by molar-refractivity contribution is -0.149. The fourth-order valence-corrected chi connectivity index (χ4v) is 3.85. The van der Waals surface area contributed by atoms with Crippen LogP contribution in [0, 0.1) is 5.41 Å². The second-order valence-electron chi connectivity index (χ2n) is 7.23. The van der Waals surface area contributed by atoms with Crippen LogP contribution in [0.2, 0.25) is 5.02 Å². The zero-order chi connectivity index (χ0) is 18.2. The molecule has 3 rings (SSSR count). The molecule has 1 fully saturated rings. The molecule has 1 aliphatic rings. The van der Waals surface area contributed by atoms with Gasteiger partial charge in [-0.3, -0.25) is 9.59 Å². The molecule has 2 aromatic rings. The van der Waals surface area contributed by atoms with Crippen LogP contribution in [-0.2, 0) is 16.0 Å². The van der Waals surface area contributed by atoms with Crippen LogP contribution in [0.25, 0.3) is 10.6 Å². The Balaban J connectivity index is 1.75. The van der Waals surface area contributed by atoms with Crippen molar-refractivity contribution in [2.45, 2.75) is 45.4 Å². The number of carboxylic acids is 1. The minimum absolute atomic E-state index is 0.00343. The Bertz CT molecular complexity index is 824. The first kappa shape index (κ1) is 18.1. The molecule has 6 heteroatoms. The summed E-state index contributed by atoms with van der Waals surface area (Å²) in [5.41, 5.74) is 1.96. The summed E-state index contributed by atoms with van der Waals surface area (Å²) < 4.78 is 0. The number of nitrogens with zero attached hydrogens (tertiary/aromatic N) is 1. The first-order chi connectivity index (χ1) is 11.8. The summed E-state index contributed by atoms with van der Waals surface area (Å²) >= 11 is 7.64. The molecule has 4 nitrogen and oxygen atoms in total. The number of carboxylic acid groups (broad SMARTS) is 1. The SMILES string of the molecule is CC(C)(CC(=O)Cc1csc(-c2ccc(Cl)cc2C2CC2)n1)C(=O)O. The van der Waals surface area contributed by atoms with E-state index in [1.54, 1.807) is 13.8 Å². The summed E-state index contributed by atoms with van der Waals surface area (Å²) in [6.07, 6.45) is 2.52. The second-order valence-corrected chi connectivity index (χ2v) is 8.53. The van der Waals surface area contributed by atoms with Gasteiger partial charge in [0.05, 0.1) is 11.1 Å². The van der Waals surface area contributed by atoms with E-state index in [0.29, 0.717) is 11.6 Å². The van der Waals surface area contributed by atoms with Crippen molar-refractivity contribution in [1.82, 2.24) is 4.98 Å². The van der Waals surface area contributed by atoms with E-state index in [1.165, 1.54) is 29.7 Å². The molecule has 0 saturated heterocycles. The largest absolute Gasteiger partial charge is 0.481 e. The Kier molecular flexibility index (Phi) is 4.98. The third kappa shape index (κ3) is 4.28. The predicted octanol–water partition coefficient (Wildman–Crippen LogP) is 4.95. The highest BCUT2D eigenvalue weighted by Gasteiger charge is 2.30. The van der Waals surface area contributed by atoms with Crippen LogP contribution in [-0.4, -0.2) is 21.8 Å². The predicted molar refractivity (Wildman–Crippen MR) is 99.3 cm³/mol. The molecule has 0 bridgehead atoms. The van der Waals surface area contributed by atoms with E-state index in [1.807, 2.05) is 23.6 Å². The molecule has 0 atom stereocenters. The maximum absolute atomic E-state index is 12.2. The normalized spacial score (nSPS) is 14.5. The zero-order valence-electron chi connectivity index (χ0n) is 14.2. The Hall–Kier alpha value is -1.72. The monoisotopic (exact) mass is 377 g/mol. The summed E-state index contributed by atoms with van der Waals surface area (Å²) in [4.78, 5) is 28.0. The third-order valence-corrected chi connectivity index (χ3v) is 5.57. The Morgan fingerprint density at radius 3 is 2.72 bits per heavy atom. The molecule has 0 aliphatic heterocycles. The molecule has 1 heterocycles. The average molecular weight is 378 g/mol. The number of halogens is 1. The first-order valence-corrected chi connectivity index (χ1v) is 9.51. The van der Waals surface area contributed by atoms with Gasteiger partial charge in [0.2, 0.25) is 0 Å². The Labute approximate surface area is 155 Å². The van der Waals surface area contributed by atoms with Crippen molar-refractivity contribution >= 4 is 34.7 Å². The fourth-order valence-electron chi connectivity index (χ4n) is 2.81. The fraction of sp³-hybridized carbons (Fsp3) is 0.421. The van der Waals surface area contributed by atoms with Crippen LogP contribution in [0.4, 0.5) is 0 Å². The summed E-state index contributed by atoms with van der Waals surface area (Å²) in [5, 5.41) is 12.6. The van der Waals surface area contributed by atoms with Gasteiger partial charge in [-0.25, -0.2) is 4.98 Å². The Morgan fingerprint density at radius 2 is 2.08 bits per heavy atom. The number of hydrogen-bond donors (Lipinski definition) is 1. The number of thiazole rings is 1.